The zero-order chi connectivity index (χ0) is 18.6. The third-order valence-corrected chi connectivity index (χ3v) is 5.98. The number of para-hydroxylation sites is 1. The fraction of sp³-hybridized carbons (Fsp3) is 0.400. The molecule has 4 rings (SSSR count). The molecule has 1 fully saturated rings. The number of aromatic amines is 1. The van der Waals surface area contributed by atoms with E-state index in [0.29, 0.717) is 11.4 Å². The highest BCUT2D eigenvalue weighted by Gasteiger charge is 2.18. The first-order valence-corrected chi connectivity index (χ1v) is 10.2. The Morgan fingerprint density at radius 2 is 2.30 bits per heavy atom. The Morgan fingerprint density at radius 3 is 3.15 bits per heavy atom. The van der Waals surface area contributed by atoms with E-state index in [0.717, 1.165) is 48.8 Å². The maximum Gasteiger partial charge on any atom is 0.263 e. The Morgan fingerprint density at radius 1 is 1.41 bits per heavy atom. The lowest BCUT2D eigenvalue weighted by atomic mass is 10.1. The number of nitrogens with zero attached hydrogens (tertiary/aromatic N) is 1. The molecule has 0 saturated carbocycles. The molecule has 142 valence electrons. The van der Waals surface area contributed by atoms with Crippen LogP contribution in [0.1, 0.15) is 33.8 Å². The van der Waals surface area contributed by atoms with Gasteiger partial charge in [-0.3, -0.25) is 4.79 Å². The van der Waals surface area contributed by atoms with Crippen molar-refractivity contribution >= 4 is 33.3 Å². The molecule has 3 N–H and O–H groups in total. The van der Waals surface area contributed by atoms with Gasteiger partial charge in [0.05, 0.1) is 11.8 Å². The van der Waals surface area contributed by atoms with Crippen molar-refractivity contribution in [1.82, 2.24) is 15.3 Å². The Labute approximate surface area is 162 Å². The highest BCUT2D eigenvalue weighted by atomic mass is 32.1. The molecule has 0 radical (unpaired) electrons. The summed E-state index contributed by atoms with van der Waals surface area (Å²) < 4.78 is 5.61. The maximum atomic E-state index is 12.5. The van der Waals surface area contributed by atoms with Crippen LogP contribution < -0.4 is 10.6 Å². The van der Waals surface area contributed by atoms with Crippen LogP contribution in [0, 0.1) is 6.92 Å². The summed E-state index contributed by atoms with van der Waals surface area (Å²) in [6, 6.07) is 8.21. The van der Waals surface area contributed by atoms with E-state index in [2.05, 4.69) is 32.7 Å². The van der Waals surface area contributed by atoms with Crippen molar-refractivity contribution in [2.24, 2.45) is 0 Å². The quantitative estimate of drug-likeness (QED) is 0.583. The number of carbonyl (C=O) groups is 1. The first-order valence-electron chi connectivity index (χ1n) is 9.37. The highest BCUT2D eigenvalue weighted by Crippen LogP contribution is 2.23. The van der Waals surface area contributed by atoms with Gasteiger partial charge in [0.1, 0.15) is 4.88 Å². The number of thiazole rings is 1. The van der Waals surface area contributed by atoms with Crippen molar-refractivity contribution in [3.05, 3.63) is 46.6 Å². The third-order valence-electron chi connectivity index (χ3n) is 4.86. The number of benzene rings is 1. The summed E-state index contributed by atoms with van der Waals surface area (Å²) in [5, 5.41) is 8.31. The zero-order valence-corrected chi connectivity index (χ0v) is 16.2. The van der Waals surface area contributed by atoms with E-state index in [1.54, 1.807) is 0 Å². The van der Waals surface area contributed by atoms with Gasteiger partial charge < -0.3 is 20.4 Å². The van der Waals surface area contributed by atoms with Crippen molar-refractivity contribution in [2.45, 2.75) is 32.3 Å². The van der Waals surface area contributed by atoms with Crippen molar-refractivity contribution in [1.29, 1.82) is 0 Å². The van der Waals surface area contributed by atoms with Crippen LogP contribution in [-0.4, -0.2) is 41.7 Å². The molecule has 1 unspecified atom stereocenters. The average Bonchev–Trinajstić information content (AvgIpc) is 3.40. The normalized spacial score (nSPS) is 16.7. The molecule has 1 aromatic carbocycles. The SMILES string of the molecule is Cc1nc(NCC2CCCO2)sc1C(=O)NCCc1c[nH]c2ccccc12. The predicted molar refractivity (Wildman–Crippen MR) is 109 cm³/mol. The van der Waals surface area contributed by atoms with Gasteiger partial charge in [0.2, 0.25) is 0 Å². The number of carbonyl (C=O) groups excluding carboxylic acids is 1. The summed E-state index contributed by atoms with van der Waals surface area (Å²) in [6.45, 7) is 4.06. The van der Waals surface area contributed by atoms with Crippen molar-refractivity contribution < 1.29 is 9.53 Å². The average molecular weight is 385 g/mol. The molecule has 6 nitrogen and oxygen atoms in total. The van der Waals surface area contributed by atoms with Crippen molar-refractivity contribution in [3.63, 3.8) is 0 Å². The number of ether oxygens (including phenoxy) is 1. The van der Waals surface area contributed by atoms with Crippen LogP contribution in [-0.2, 0) is 11.2 Å². The Balaban J connectivity index is 1.31. The number of fused-ring (bicyclic) bond motifs is 1. The summed E-state index contributed by atoms with van der Waals surface area (Å²) in [6.07, 6.45) is 5.26. The molecule has 1 atom stereocenters. The van der Waals surface area contributed by atoms with E-state index >= 15 is 0 Å². The number of H-pyrrole nitrogens is 1. The standard InChI is InChI=1S/C20H24N4O2S/c1-13-18(27-20(24-13)23-12-15-5-4-10-26-15)19(25)21-9-8-14-11-22-17-7-3-2-6-16(14)17/h2-3,6-7,11,15,22H,4-5,8-10,12H2,1H3,(H,21,25)(H,23,24). The first-order chi connectivity index (χ1) is 13.2. The lowest BCUT2D eigenvalue weighted by Gasteiger charge is -2.09. The van der Waals surface area contributed by atoms with Gasteiger partial charge >= 0.3 is 0 Å². The van der Waals surface area contributed by atoms with Gasteiger partial charge in [-0.15, -0.1) is 0 Å². The summed E-state index contributed by atoms with van der Waals surface area (Å²) >= 11 is 1.41. The number of rotatable bonds is 7. The van der Waals surface area contributed by atoms with Gasteiger partial charge in [0.15, 0.2) is 5.13 Å². The molecular formula is C20H24N4O2S. The van der Waals surface area contributed by atoms with Crippen LogP contribution in [0.5, 0.6) is 0 Å². The summed E-state index contributed by atoms with van der Waals surface area (Å²) in [7, 11) is 0. The second-order valence-corrected chi connectivity index (χ2v) is 7.81. The molecule has 1 aliphatic rings. The fourth-order valence-electron chi connectivity index (χ4n) is 3.42. The Kier molecular flexibility index (Phi) is 5.40. The molecule has 1 aliphatic heterocycles. The molecule has 2 aromatic heterocycles. The Hall–Kier alpha value is -2.38. The van der Waals surface area contributed by atoms with Crippen LogP contribution in [0.3, 0.4) is 0 Å². The van der Waals surface area contributed by atoms with Gasteiger partial charge in [-0.1, -0.05) is 29.5 Å². The van der Waals surface area contributed by atoms with Gasteiger partial charge in [0.25, 0.3) is 5.91 Å². The van der Waals surface area contributed by atoms with Gasteiger partial charge in [0, 0.05) is 36.8 Å². The van der Waals surface area contributed by atoms with Crippen molar-refractivity contribution in [2.75, 3.05) is 25.0 Å². The minimum atomic E-state index is -0.0602. The van der Waals surface area contributed by atoms with Crippen LogP contribution in [0.25, 0.3) is 10.9 Å². The van der Waals surface area contributed by atoms with Gasteiger partial charge in [-0.2, -0.15) is 0 Å². The molecule has 3 aromatic rings. The Bertz CT molecular complexity index is 927. The lowest BCUT2D eigenvalue weighted by Crippen LogP contribution is -2.25. The third kappa shape index (κ3) is 4.14. The number of aromatic nitrogens is 2. The molecular weight excluding hydrogens is 360 g/mol. The summed E-state index contributed by atoms with van der Waals surface area (Å²) in [4.78, 5) is 20.9. The smallest absolute Gasteiger partial charge is 0.263 e. The number of anilines is 1. The molecule has 0 bridgehead atoms. The minimum absolute atomic E-state index is 0.0602. The van der Waals surface area contributed by atoms with Crippen molar-refractivity contribution in [3.8, 4) is 0 Å². The second kappa shape index (κ2) is 8.10. The van der Waals surface area contributed by atoms with Crippen LogP contribution in [0.15, 0.2) is 30.5 Å². The molecule has 0 aliphatic carbocycles. The fourth-order valence-corrected chi connectivity index (χ4v) is 4.31. The number of aryl methyl sites for hydroxylation is 1. The zero-order valence-electron chi connectivity index (χ0n) is 15.4. The number of nitrogens with one attached hydrogen (secondary N) is 3. The minimum Gasteiger partial charge on any atom is -0.376 e. The predicted octanol–water partition coefficient (Wildman–Crippen LogP) is 3.50. The molecule has 1 amide bonds. The van der Waals surface area contributed by atoms with Crippen LogP contribution >= 0.6 is 11.3 Å². The van der Waals surface area contributed by atoms with E-state index in [4.69, 9.17) is 4.74 Å². The number of hydrogen-bond donors (Lipinski definition) is 3. The van der Waals surface area contributed by atoms with E-state index in [-0.39, 0.29) is 12.0 Å². The summed E-state index contributed by atoms with van der Waals surface area (Å²) in [5.74, 6) is -0.0602. The van der Waals surface area contributed by atoms with E-state index in [1.807, 2.05) is 25.3 Å². The highest BCUT2D eigenvalue weighted by molar-refractivity contribution is 7.17. The van der Waals surface area contributed by atoms with Gasteiger partial charge in [-0.05, 0) is 37.8 Å². The number of amides is 1. The maximum absolute atomic E-state index is 12.5. The first kappa shape index (κ1) is 18.0. The second-order valence-electron chi connectivity index (χ2n) is 6.81. The molecule has 7 heteroatoms. The topological polar surface area (TPSA) is 79.0 Å². The molecule has 3 heterocycles. The van der Waals surface area contributed by atoms with E-state index < -0.39 is 0 Å². The molecule has 27 heavy (non-hydrogen) atoms. The number of hydrogen-bond acceptors (Lipinski definition) is 5. The van der Waals surface area contributed by atoms with Gasteiger partial charge in [-0.25, -0.2) is 4.98 Å². The van der Waals surface area contributed by atoms with E-state index in [1.165, 1.54) is 22.3 Å². The monoisotopic (exact) mass is 384 g/mol. The van der Waals surface area contributed by atoms with Crippen LogP contribution in [0.4, 0.5) is 5.13 Å². The van der Waals surface area contributed by atoms with E-state index in [9.17, 15) is 4.79 Å². The summed E-state index contributed by atoms with van der Waals surface area (Å²) in [5.41, 5.74) is 3.10. The lowest BCUT2D eigenvalue weighted by molar-refractivity contribution is 0.0957. The largest absolute Gasteiger partial charge is 0.376 e. The molecule has 0 spiro atoms. The van der Waals surface area contributed by atoms with Crippen LogP contribution in [0.2, 0.25) is 0 Å². The molecule has 1 saturated heterocycles.